The second kappa shape index (κ2) is 10.3. The standard InChI is InChI=1S/C21H31N7O4/c22-18(30)15(2-1-9-25-21(23)24)26-19(31)16-11-28(13-5-6-13)17(20(32)27-16)10-12-3-7-14(29)8-4-12/h3-4,7-8,13,15-17,29H,1-2,5-6,9-11H2,(H2,22,30)(H,26,31)(H,27,32)(H4,23,24,25)/t15-,16-,17-/m0/s1. The normalized spacial score (nSPS) is 21.9. The van der Waals surface area contributed by atoms with Crippen LogP contribution in [0.2, 0.25) is 0 Å². The van der Waals surface area contributed by atoms with Gasteiger partial charge in [0.05, 0.1) is 6.04 Å². The number of carbonyl (C=O) groups excluding carboxylic acids is 3. The Labute approximate surface area is 186 Å². The summed E-state index contributed by atoms with van der Waals surface area (Å²) in [5, 5.41) is 14.9. The molecule has 1 aliphatic heterocycles. The lowest BCUT2D eigenvalue weighted by Gasteiger charge is -2.39. The minimum atomic E-state index is -0.877. The second-order valence-electron chi connectivity index (χ2n) is 8.29. The Kier molecular flexibility index (Phi) is 7.52. The largest absolute Gasteiger partial charge is 0.508 e. The second-order valence-corrected chi connectivity index (χ2v) is 8.29. The average molecular weight is 446 g/mol. The van der Waals surface area contributed by atoms with E-state index < -0.39 is 29.9 Å². The quantitative estimate of drug-likeness (QED) is 0.140. The first-order valence-corrected chi connectivity index (χ1v) is 10.7. The predicted octanol–water partition coefficient (Wildman–Crippen LogP) is -1.71. The predicted molar refractivity (Wildman–Crippen MR) is 118 cm³/mol. The van der Waals surface area contributed by atoms with Gasteiger partial charge in [0.15, 0.2) is 5.96 Å². The molecule has 9 N–H and O–H groups in total. The molecular weight excluding hydrogens is 414 g/mol. The minimum Gasteiger partial charge on any atom is -0.508 e. The fourth-order valence-corrected chi connectivity index (χ4v) is 3.89. The number of piperazine rings is 1. The van der Waals surface area contributed by atoms with Crippen LogP contribution < -0.4 is 27.8 Å². The number of hydrogen-bond acceptors (Lipinski definition) is 6. The average Bonchev–Trinajstić information content (AvgIpc) is 3.57. The van der Waals surface area contributed by atoms with Crippen LogP contribution in [0.1, 0.15) is 31.2 Å². The van der Waals surface area contributed by atoms with Crippen LogP contribution >= 0.6 is 0 Å². The highest BCUT2D eigenvalue weighted by molar-refractivity contribution is 5.94. The lowest BCUT2D eigenvalue weighted by Crippen LogP contribution is -2.66. The Morgan fingerprint density at radius 1 is 1.22 bits per heavy atom. The minimum absolute atomic E-state index is 0.0448. The van der Waals surface area contributed by atoms with E-state index in [4.69, 9.17) is 17.2 Å². The number of hydrogen-bond donors (Lipinski definition) is 6. The Morgan fingerprint density at radius 3 is 2.50 bits per heavy atom. The van der Waals surface area contributed by atoms with Crippen molar-refractivity contribution in [2.24, 2.45) is 22.2 Å². The monoisotopic (exact) mass is 445 g/mol. The van der Waals surface area contributed by atoms with Gasteiger partial charge in [-0.3, -0.25) is 24.3 Å². The third-order valence-corrected chi connectivity index (χ3v) is 5.72. The highest BCUT2D eigenvalue weighted by atomic mass is 16.3. The topological polar surface area (TPSA) is 189 Å². The van der Waals surface area contributed by atoms with Crippen molar-refractivity contribution in [3.63, 3.8) is 0 Å². The van der Waals surface area contributed by atoms with E-state index in [-0.39, 0.29) is 30.1 Å². The number of benzene rings is 1. The van der Waals surface area contributed by atoms with Crippen LogP contribution in [0.3, 0.4) is 0 Å². The van der Waals surface area contributed by atoms with Gasteiger partial charge in [0, 0.05) is 19.1 Å². The van der Waals surface area contributed by atoms with Gasteiger partial charge in [0.1, 0.15) is 17.8 Å². The molecule has 1 aromatic carbocycles. The van der Waals surface area contributed by atoms with E-state index in [1.54, 1.807) is 24.3 Å². The first-order valence-electron chi connectivity index (χ1n) is 10.7. The third kappa shape index (κ3) is 6.33. The summed E-state index contributed by atoms with van der Waals surface area (Å²) in [5.41, 5.74) is 16.9. The summed E-state index contributed by atoms with van der Waals surface area (Å²) >= 11 is 0. The lowest BCUT2D eigenvalue weighted by atomic mass is 9.99. The highest BCUT2D eigenvalue weighted by Gasteiger charge is 2.44. The molecule has 32 heavy (non-hydrogen) atoms. The molecule has 3 rings (SSSR count). The number of nitrogens with two attached hydrogens (primary N) is 3. The summed E-state index contributed by atoms with van der Waals surface area (Å²) in [6.07, 6.45) is 3.18. The molecule has 1 heterocycles. The summed E-state index contributed by atoms with van der Waals surface area (Å²) in [7, 11) is 0. The van der Waals surface area contributed by atoms with Crippen molar-refractivity contribution in [1.29, 1.82) is 0 Å². The van der Waals surface area contributed by atoms with Crippen molar-refractivity contribution in [2.45, 2.75) is 56.3 Å². The number of aromatic hydroxyl groups is 1. The maximum absolute atomic E-state index is 12.9. The maximum Gasteiger partial charge on any atom is 0.244 e. The first-order chi connectivity index (χ1) is 15.2. The Bertz CT molecular complexity index is 865. The Balaban J connectivity index is 1.61. The molecular formula is C21H31N7O4. The van der Waals surface area contributed by atoms with Gasteiger partial charge in [-0.1, -0.05) is 12.1 Å². The molecule has 1 saturated heterocycles. The maximum atomic E-state index is 12.9. The fourth-order valence-electron chi connectivity index (χ4n) is 3.89. The first kappa shape index (κ1) is 23.3. The van der Waals surface area contributed by atoms with E-state index in [1.807, 2.05) is 0 Å². The van der Waals surface area contributed by atoms with Gasteiger partial charge in [-0.15, -0.1) is 0 Å². The van der Waals surface area contributed by atoms with Crippen molar-refractivity contribution in [3.8, 4) is 5.75 Å². The van der Waals surface area contributed by atoms with Crippen LogP contribution in [0.15, 0.2) is 29.3 Å². The highest BCUT2D eigenvalue weighted by Crippen LogP contribution is 2.31. The van der Waals surface area contributed by atoms with Crippen LogP contribution in [-0.2, 0) is 20.8 Å². The van der Waals surface area contributed by atoms with Crippen molar-refractivity contribution in [2.75, 3.05) is 13.1 Å². The number of aliphatic imine (C=N–C) groups is 1. The SMILES string of the molecule is NC(=O)[C@H](CCCN=C(N)N)NC(=O)[C@@H]1CN(C2CC2)[C@@H](Cc2ccc(O)cc2)C(=O)N1. The van der Waals surface area contributed by atoms with Gasteiger partial charge in [-0.2, -0.15) is 0 Å². The molecule has 1 aliphatic carbocycles. The number of amides is 3. The Morgan fingerprint density at radius 2 is 1.91 bits per heavy atom. The van der Waals surface area contributed by atoms with E-state index in [0.29, 0.717) is 25.9 Å². The van der Waals surface area contributed by atoms with Crippen molar-refractivity contribution >= 4 is 23.7 Å². The molecule has 0 radical (unpaired) electrons. The molecule has 3 atom stereocenters. The van der Waals surface area contributed by atoms with Gasteiger partial charge in [-0.25, -0.2) is 0 Å². The smallest absolute Gasteiger partial charge is 0.244 e. The van der Waals surface area contributed by atoms with Gasteiger partial charge in [-0.05, 0) is 49.8 Å². The summed E-state index contributed by atoms with van der Waals surface area (Å²) in [4.78, 5) is 43.4. The molecule has 0 spiro atoms. The molecule has 2 aliphatic rings. The third-order valence-electron chi connectivity index (χ3n) is 5.72. The van der Waals surface area contributed by atoms with Gasteiger partial charge < -0.3 is 32.9 Å². The molecule has 2 fully saturated rings. The van der Waals surface area contributed by atoms with E-state index >= 15 is 0 Å². The van der Waals surface area contributed by atoms with Crippen molar-refractivity contribution < 1.29 is 19.5 Å². The molecule has 11 heteroatoms. The van der Waals surface area contributed by atoms with E-state index in [2.05, 4.69) is 20.5 Å². The van der Waals surface area contributed by atoms with E-state index in [1.165, 1.54) is 0 Å². The number of primary amides is 1. The number of nitrogens with one attached hydrogen (secondary N) is 2. The van der Waals surface area contributed by atoms with Gasteiger partial charge >= 0.3 is 0 Å². The van der Waals surface area contributed by atoms with Crippen LogP contribution in [0.25, 0.3) is 0 Å². The summed E-state index contributed by atoms with van der Waals surface area (Å²) in [5.74, 6) is -1.22. The molecule has 0 aromatic heterocycles. The number of rotatable bonds is 10. The number of carbonyl (C=O) groups is 3. The molecule has 1 aromatic rings. The summed E-state index contributed by atoms with van der Waals surface area (Å²) < 4.78 is 0. The van der Waals surface area contributed by atoms with Gasteiger partial charge in [0.25, 0.3) is 0 Å². The van der Waals surface area contributed by atoms with Crippen molar-refractivity contribution in [3.05, 3.63) is 29.8 Å². The molecule has 0 unspecified atom stereocenters. The van der Waals surface area contributed by atoms with Gasteiger partial charge in [0.2, 0.25) is 17.7 Å². The van der Waals surface area contributed by atoms with Crippen LogP contribution in [-0.4, -0.2) is 70.9 Å². The Hall–Kier alpha value is -3.34. The van der Waals surface area contributed by atoms with Crippen LogP contribution in [0.5, 0.6) is 5.75 Å². The number of nitrogens with zero attached hydrogens (tertiary/aromatic N) is 2. The number of phenolic OH excluding ortho intramolecular Hbond substituents is 1. The zero-order valence-electron chi connectivity index (χ0n) is 17.9. The zero-order valence-corrected chi connectivity index (χ0v) is 17.9. The van der Waals surface area contributed by atoms with Crippen molar-refractivity contribution in [1.82, 2.24) is 15.5 Å². The summed E-state index contributed by atoms with van der Waals surface area (Å²) in [6, 6.07) is 4.94. The molecule has 3 amide bonds. The van der Waals surface area contributed by atoms with Crippen LogP contribution in [0.4, 0.5) is 0 Å². The molecule has 1 saturated carbocycles. The fraction of sp³-hybridized carbons (Fsp3) is 0.524. The summed E-state index contributed by atoms with van der Waals surface area (Å²) in [6.45, 7) is 0.668. The molecule has 0 bridgehead atoms. The molecule has 11 nitrogen and oxygen atoms in total. The number of phenols is 1. The molecule has 174 valence electrons. The van der Waals surface area contributed by atoms with E-state index in [9.17, 15) is 19.5 Å². The lowest BCUT2D eigenvalue weighted by molar-refractivity contribution is -0.138. The van der Waals surface area contributed by atoms with Crippen LogP contribution in [0, 0.1) is 0 Å². The number of guanidine groups is 1. The van der Waals surface area contributed by atoms with E-state index in [0.717, 1.165) is 18.4 Å². The zero-order chi connectivity index (χ0) is 23.3.